The van der Waals surface area contributed by atoms with E-state index >= 15 is 0 Å². The van der Waals surface area contributed by atoms with Gasteiger partial charge >= 0.3 is 5.97 Å². The number of ether oxygens (including phenoxy) is 1. The normalized spacial score (nSPS) is 15.3. The Morgan fingerprint density at radius 3 is 2.45 bits per heavy atom. The first-order chi connectivity index (χ1) is 15.8. The molecule has 182 valence electrons. The summed E-state index contributed by atoms with van der Waals surface area (Å²) in [6.45, 7) is 9.45. The molecule has 1 fully saturated rings. The molecule has 1 aliphatic heterocycles. The summed E-state index contributed by atoms with van der Waals surface area (Å²) in [5, 5.41) is 1.11. The van der Waals surface area contributed by atoms with Crippen molar-refractivity contribution in [2.45, 2.75) is 52.4 Å². The van der Waals surface area contributed by atoms with E-state index in [1.54, 1.807) is 0 Å². The van der Waals surface area contributed by atoms with Crippen molar-refractivity contribution in [2.75, 3.05) is 46.4 Å². The summed E-state index contributed by atoms with van der Waals surface area (Å²) < 4.78 is 7.84. The van der Waals surface area contributed by atoms with Gasteiger partial charge in [0.05, 0.1) is 5.56 Å². The molecule has 1 aliphatic rings. The second-order valence-corrected chi connectivity index (χ2v) is 9.37. The van der Waals surface area contributed by atoms with E-state index < -0.39 is 0 Å². The van der Waals surface area contributed by atoms with Crippen LogP contribution in [-0.2, 0) is 29.4 Å². The number of unbranched alkanes of at least 4 members (excludes halogenated alkanes) is 2. The topological polar surface area (TPSA) is 80.8 Å². The van der Waals surface area contributed by atoms with Crippen LogP contribution in [0.5, 0.6) is 0 Å². The van der Waals surface area contributed by atoms with Gasteiger partial charge in [-0.3, -0.25) is 9.69 Å². The van der Waals surface area contributed by atoms with Gasteiger partial charge in [-0.15, -0.1) is 0 Å². The van der Waals surface area contributed by atoms with Crippen LogP contribution in [0.1, 0.15) is 59.8 Å². The Hall–Kier alpha value is -2.38. The standard InChI is InChI=1S/C26H40N4O3/c1-5-6-7-8-23-20(9-10-25(27)31)22-17-19(2)21(18-24(22)29(23)4)26(32)33-16-15-30-13-11-28(3)12-14-30/h17-18H,5-16H2,1-4H3,(H2,27,31). The molecular weight excluding hydrogens is 416 g/mol. The molecule has 0 aliphatic carbocycles. The molecule has 1 amide bonds. The molecule has 0 radical (unpaired) electrons. The minimum Gasteiger partial charge on any atom is -0.461 e. The third-order valence-corrected chi connectivity index (χ3v) is 6.88. The lowest BCUT2D eigenvalue weighted by atomic mass is 9.99. The average molecular weight is 457 g/mol. The van der Waals surface area contributed by atoms with Crippen molar-refractivity contribution in [3.8, 4) is 0 Å². The van der Waals surface area contributed by atoms with Crippen molar-refractivity contribution in [2.24, 2.45) is 12.8 Å². The SMILES string of the molecule is CCCCCc1c(CCC(N)=O)c2cc(C)c(C(=O)OCCN3CCN(C)CC3)cc2n1C. The molecule has 0 unspecified atom stereocenters. The van der Waals surface area contributed by atoms with E-state index in [-0.39, 0.29) is 11.9 Å². The van der Waals surface area contributed by atoms with Crippen LogP contribution in [0.15, 0.2) is 12.1 Å². The Morgan fingerprint density at radius 2 is 1.79 bits per heavy atom. The lowest BCUT2D eigenvalue weighted by molar-refractivity contribution is -0.117. The molecule has 2 aromatic rings. The van der Waals surface area contributed by atoms with Crippen LogP contribution in [0, 0.1) is 6.92 Å². The minimum absolute atomic E-state index is 0.268. The van der Waals surface area contributed by atoms with Crippen LogP contribution < -0.4 is 5.73 Å². The van der Waals surface area contributed by atoms with Gasteiger partial charge < -0.3 is 19.9 Å². The molecule has 0 spiro atoms. The second kappa shape index (κ2) is 11.7. The fourth-order valence-corrected chi connectivity index (χ4v) is 4.74. The van der Waals surface area contributed by atoms with Crippen molar-refractivity contribution < 1.29 is 14.3 Å². The number of nitrogens with zero attached hydrogens (tertiary/aromatic N) is 3. The number of nitrogens with two attached hydrogens (primary N) is 1. The molecule has 33 heavy (non-hydrogen) atoms. The number of carbonyl (C=O) groups is 2. The van der Waals surface area contributed by atoms with E-state index in [0.29, 0.717) is 25.0 Å². The largest absolute Gasteiger partial charge is 0.461 e. The lowest BCUT2D eigenvalue weighted by Crippen LogP contribution is -2.45. The van der Waals surface area contributed by atoms with Crippen LogP contribution in [0.25, 0.3) is 10.9 Å². The Labute approximate surface area is 197 Å². The monoisotopic (exact) mass is 456 g/mol. The number of esters is 1. The fraction of sp³-hybridized carbons (Fsp3) is 0.615. The van der Waals surface area contributed by atoms with E-state index in [4.69, 9.17) is 10.5 Å². The molecule has 0 atom stereocenters. The first-order valence-electron chi connectivity index (χ1n) is 12.3. The third kappa shape index (κ3) is 6.36. The summed E-state index contributed by atoms with van der Waals surface area (Å²) in [7, 11) is 4.18. The maximum Gasteiger partial charge on any atom is 0.338 e. The first-order valence-corrected chi connectivity index (χ1v) is 12.3. The highest BCUT2D eigenvalue weighted by Crippen LogP contribution is 2.31. The molecular formula is C26H40N4O3. The molecule has 7 nitrogen and oxygen atoms in total. The molecule has 0 saturated carbocycles. The number of piperazine rings is 1. The average Bonchev–Trinajstić information content (AvgIpc) is 3.03. The predicted octanol–water partition coefficient (Wildman–Crippen LogP) is 3.04. The van der Waals surface area contributed by atoms with Gasteiger partial charge in [0.1, 0.15) is 6.61 Å². The van der Waals surface area contributed by atoms with Gasteiger partial charge in [0.15, 0.2) is 0 Å². The highest BCUT2D eigenvalue weighted by atomic mass is 16.5. The maximum absolute atomic E-state index is 12.9. The summed E-state index contributed by atoms with van der Waals surface area (Å²) >= 11 is 0. The van der Waals surface area contributed by atoms with E-state index in [1.807, 2.05) is 13.0 Å². The van der Waals surface area contributed by atoms with Gasteiger partial charge in [0.25, 0.3) is 0 Å². The number of benzene rings is 1. The Bertz CT molecular complexity index is 974. The molecule has 0 bridgehead atoms. The zero-order valence-corrected chi connectivity index (χ0v) is 20.8. The van der Waals surface area contributed by atoms with E-state index in [9.17, 15) is 9.59 Å². The number of carbonyl (C=O) groups excluding carboxylic acids is 2. The van der Waals surface area contributed by atoms with Crippen LogP contribution >= 0.6 is 0 Å². The molecule has 2 N–H and O–H groups in total. The van der Waals surface area contributed by atoms with E-state index in [1.165, 1.54) is 17.7 Å². The van der Waals surface area contributed by atoms with Gasteiger partial charge in [0, 0.05) is 62.8 Å². The van der Waals surface area contributed by atoms with E-state index in [2.05, 4.69) is 41.5 Å². The fourth-order valence-electron chi connectivity index (χ4n) is 4.74. The summed E-state index contributed by atoms with van der Waals surface area (Å²) in [4.78, 5) is 29.0. The maximum atomic E-state index is 12.9. The van der Waals surface area contributed by atoms with Crippen molar-refractivity contribution in [3.05, 3.63) is 34.5 Å². The molecule has 1 saturated heterocycles. The smallest absolute Gasteiger partial charge is 0.338 e. The number of hydrogen-bond donors (Lipinski definition) is 1. The summed E-state index contributed by atoms with van der Waals surface area (Å²) in [5.41, 5.74) is 10.4. The molecule has 7 heteroatoms. The van der Waals surface area contributed by atoms with Gasteiger partial charge in [-0.1, -0.05) is 19.8 Å². The van der Waals surface area contributed by atoms with Crippen LogP contribution in [-0.4, -0.2) is 72.6 Å². The Balaban J connectivity index is 1.78. The molecule has 2 heterocycles. The van der Waals surface area contributed by atoms with Crippen LogP contribution in [0.4, 0.5) is 0 Å². The van der Waals surface area contributed by atoms with Crippen LogP contribution in [0.3, 0.4) is 0 Å². The number of aryl methyl sites for hydroxylation is 3. The number of likely N-dealkylation sites (N-methyl/N-ethyl adjacent to an activating group) is 1. The highest BCUT2D eigenvalue weighted by molar-refractivity contribution is 5.98. The highest BCUT2D eigenvalue weighted by Gasteiger charge is 2.20. The molecule has 1 aromatic heterocycles. The van der Waals surface area contributed by atoms with Gasteiger partial charge in [-0.25, -0.2) is 4.79 Å². The van der Waals surface area contributed by atoms with Crippen molar-refractivity contribution in [3.63, 3.8) is 0 Å². The first kappa shape index (κ1) is 25.2. The van der Waals surface area contributed by atoms with Crippen molar-refractivity contribution in [1.29, 1.82) is 0 Å². The summed E-state index contributed by atoms with van der Waals surface area (Å²) in [5.74, 6) is -0.556. The minimum atomic E-state index is -0.288. The quantitative estimate of drug-likeness (QED) is 0.415. The summed E-state index contributed by atoms with van der Waals surface area (Å²) in [6, 6.07) is 4.03. The van der Waals surface area contributed by atoms with E-state index in [0.717, 1.165) is 68.5 Å². The number of fused-ring (bicyclic) bond motifs is 1. The third-order valence-electron chi connectivity index (χ3n) is 6.88. The zero-order chi connectivity index (χ0) is 24.0. The van der Waals surface area contributed by atoms with Crippen LogP contribution in [0.2, 0.25) is 0 Å². The van der Waals surface area contributed by atoms with Gasteiger partial charge in [0.2, 0.25) is 5.91 Å². The lowest BCUT2D eigenvalue weighted by Gasteiger charge is -2.32. The number of amides is 1. The number of aromatic nitrogens is 1. The predicted molar refractivity (Wildman–Crippen MR) is 133 cm³/mol. The summed E-state index contributed by atoms with van der Waals surface area (Å²) in [6.07, 6.45) is 5.34. The Morgan fingerprint density at radius 1 is 1.06 bits per heavy atom. The number of primary amides is 1. The molecule has 1 aromatic carbocycles. The zero-order valence-electron chi connectivity index (χ0n) is 20.8. The van der Waals surface area contributed by atoms with Crippen molar-refractivity contribution >= 4 is 22.8 Å². The Kier molecular flexibility index (Phi) is 8.92. The molecule has 3 rings (SSSR count). The second-order valence-electron chi connectivity index (χ2n) is 9.37. The number of hydrogen-bond acceptors (Lipinski definition) is 5. The van der Waals surface area contributed by atoms with Gasteiger partial charge in [-0.05, 0) is 56.5 Å². The van der Waals surface area contributed by atoms with Crippen molar-refractivity contribution in [1.82, 2.24) is 14.4 Å². The number of rotatable bonds is 11. The van der Waals surface area contributed by atoms with Gasteiger partial charge in [-0.2, -0.15) is 0 Å².